The number of hydrogen-bond donors (Lipinski definition) is 1. The van der Waals surface area contributed by atoms with E-state index in [1.807, 2.05) is 7.05 Å². The Morgan fingerprint density at radius 3 is 2.80 bits per heavy atom. The summed E-state index contributed by atoms with van der Waals surface area (Å²) in [4.78, 5) is 0. The van der Waals surface area contributed by atoms with Crippen molar-refractivity contribution in [3.63, 3.8) is 0 Å². The van der Waals surface area contributed by atoms with Crippen LogP contribution in [-0.4, -0.2) is 11.6 Å². The molecular weight excluding hydrogens is 184 g/mol. The molecule has 2 aromatic rings. The number of rotatable bonds is 3. The average Bonchev–Trinajstić information content (AvgIpc) is 2.57. The smallest absolute Gasteiger partial charge is 0.0512 e. The van der Waals surface area contributed by atoms with Crippen molar-refractivity contribution in [1.29, 1.82) is 0 Å². The van der Waals surface area contributed by atoms with E-state index in [0.29, 0.717) is 0 Å². The van der Waals surface area contributed by atoms with E-state index in [1.165, 1.54) is 22.2 Å². The lowest BCUT2D eigenvalue weighted by Crippen LogP contribution is -2.09. The molecule has 1 aromatic heterocycles. The van der Waals surface area contributed by atoms with Gasteiger partial charge in [-0.25, -0.2) is 0 Å². The van der Waals surface area contributed by atoms with E-state index in [0.717, 1.165) is 13.0 Å². The van der Waals surface area contributed by atoms with Crippen LogP contribution in [0.15, 0.2) is 24.3 Å². The average molecular weight is 202 g/mol. The van der Waals surface area contributed by atoms with Gasteiger partial charge in [0.1, 0.15) is 0 Å². The summed E-state index contributed by atoms with van der Waals surface area (Å²) >= 11 is 0. The normalized spacial score (nSPS) is 11.1. The van der Waals surface area contributed by atoms with Crippen molar-refractivity contribution in [3.05, 3.63) is 35.5 Å². The van der Waals surface area contributed by atoms with Crippen LogP contribution in [0.3, 0.4) is 0 Å². The fourth-order valence-electron chi connectivity index (χ4n) is 2.19. The molecule has 2 nitrogen and oxygen atoms in total. The largest absolute Gasteiger partial charge is 0.346 e. The van der Waals surface area contributed by atoms with Gasteiger partial charge in [-0.3, -0.25) is 0 Å². The van der Waals surface area contributed by atoms with Crippen LogP contribution in [0.2, 0.25) is 0 Å². The van der Waals surface area contributed by atoms with E-state index in [1.54, 1.807) is 0 Å². The van der Waals surface area contributed by atoms with Crippen molar-refractivity contribution in [2.45, 2.75) is 19.9 Å². The van der Waals surface area contributed by atoms with Crippen molar-refractivity contribution >= 4 is 10.9 Å². The van der Waals surface area contributed by atoms with E-state index in [-0.39, 0.29) is 0 Å². The number of nitrogens with one attached hydrogen (secondary N) is 1. The van der Waals surface area contributed by atoms with Gasteiger partial charge in [-0.1, -0.05) is 25.1 Å². The SMILES string of the molecule is CCc1cccc2cc(CNC)n(C)c12. The Hall–Kier alpha value is -1.28. The number of fused-ring (bicyclic) bond motifs is 1. The second kappa shape index (κ2) is 4.07. The summed E-state index contributed by atoms with van der Waals surface area (Å²) < 4.78 is 2.30. The molecule has 0 fully saturated rings. The van der Waals surface area contributed by atoms with E-state index in [4.69, 9.17) is 0 Å². The topological polar surface area (TPSA) is 17.0 Å². The van der Waals surface area contributed by atoms with Gasteiger partial charge in [0.2, 0.25) is 0 Å². The highest BCUT2D eigenvalue weighted by Crippen LogP contribution is 2.22. The molecule has 0 spiro atoms. The first-order valence-corrected chi connectivity index (χ1v) is 5.48. The number of aryl methyl sites for hydroxylation is 2. The second-order valence-electron chi connectivity index (χ2n) is 3.93. The third-order valence-electron chi connectivity index (χ3n) is 2.98. The lowest BCUT2D eigenvalue weighted by molar-refractivity contribution is 0.744. The molecule has 0 amide bonds. The molecule has 0 bridgehead atoms. The maximum absolute atomic E-state index is 3.20. The molecule has 0 unspecified atom stereocenters. The summed E-state index contributed by atoms with van der Waals surface area (Å²) in [6, 6.07) is 8.81. The number of aromatic nitrogens is 1. The minimum atomic E-state index is 0.925. The van der Waals surface area contributed by atoms with E-state index in [9.17, 15) is 0 Å². The summed E-state index contributed by atoms with van der Waals surface area (Å²) in [6.07, 6.45) is 1.09. The fraction of sp³-hybridized carbons (Fsp3) is 0.385. The Kier molecular flexibility index (Phi) is 2.78. The maximum Gasteiger partial charge on any atom is 0.0512 e. The fourth-order valence-corrected chi connectivity index (χ4v) is 2.19. The van der Waals surface area contributed by atoms with E-state index < -0.39 is 0 Å². The molecule has 0 saturated heterocycles. The van der Waals surface area contributed by atoms with E-state index in [2.05, 4.69) is 48.1 Å². The quantitative estimate of drug-likeness (QED) is 0.809. The Balaban J connectivity index is 2.65. The summed E-state index contributed by atoms with van der Waals surface area (Å²) in [5, 5.41) is 4.55. The molecule has 2 rings (SSSR count). The van der Waals surface area contributed by atoms with Gasteiger partial charge in [-0.15, -0.1) is 0 Å². The van der Waals surface area contributed by atoms with Crippen LogP contribution in [0.4, 0.5) is 0 Å². The van der Waals surface area contributed by atoms with E-state index >= 15 is 0 Å². The highest BCUT2D eigenvalue weighted by Gasteiger charge is 2.07. The summed E-state index contributed by atoms with van der Waals surface area (Å²) in [5.41, 5.74) is 4.15. The maximum atomic E-state index is 3.20. The second-order valence-corrected chi connectivity index (χ2v) is 3.93. The molecule has 0 atom stereocenters. The van der Waals surface area contributed by atoms with Gasteiger partial charge >= 0.3 is 0 Å². The standard InChI is InChI=1S/C13H18N2/c1-4-10-6-5-7-11-8-12(9-14-2)15(3)13(10)11/h5-8,14H,4,9H2,1-3H3. The third-order valence-corrected chi connectivity index (χ3v) is 2.98. The molecule has 2 heteroatoms. The van der Waals surface area contributed by atoms with Crippen molar-refractivity contribution < 1.29 is 0 Å². The van der Waals surface area contributed by atoms with Crippen LogP contribution < -0.4 is 5.32 Å². The molecule has 0 aliphatic carbocycles. The Labute approximate surface area is 90.9 Å². The lowest BCUT2D eigenvalue weighted by atomic mass is 10.1. The number of para-hydroxylation sites is 1. The molecular formula is C13H18N2. The van der Waals surface area contributed by atoms with Gasteiger partial charge < -0.3 is 9.88 Å². The van der Waals surface area contributed by atoms with Crippen LogP contribution >= 0.6 is 0 Å². The molecule has 15 heavy (non-hydrogen) atoms. The molecule has 1 heterocycles. The first-order valence-electron chi connectivity index (χ1n) is 5.48. The first kappa shape index (κ1) is 10.2. The minimum Gasteiger partial charge on any atom is -0.346 e. The Bertz CT molecular complexity index is 469. The Morgan fingerprint density at radius 1 is 1.33 bits per heavy atom. The third kappa shape index (κ3) is 1.65. The van der Waals surface area contributed by atoms with Crippen molar-refractivity contribution in [3.8, 4) is 0 Å². The van der Waals surface area contributed by atoms with Gasteiger partial charge in [0.25, 0.3) is 0 Å². The van der Waals surface area contributed by atoms with Crippen LogP contribution in [0.5, 0.6) is 0 Å². The highest BCUT2D eigenvalue weighted by atomic mass is 15.0. The molecule has 0 aliphatic heterocycles. The molecule has 1 N–H and O–H groups in total. The molecule has 0 aliphatic rings. The zero-order chi connectivity index (χ0) is 10.8. The van der Waals surface area contributed by atoms with Crippen LogP contribution in [0.25, 0.3) is 10.9 Å². The monoisotopic (exact) mass is 202 g/mol. The predicted octanol–water partition coefficient (Wildman–Crippen LogP) is 2.46. The highest BCUT2D eigenvalue weighted by molar-refractivity contribution is 5.84. The van der Waals surface area contributed by atoms with Crippen molar-refractivity contribution in [2.75, 3.05) is 7.05 Å². The van der Waals surface area contributed by atoms with Gasteiger partial charge in [-0.05, 0) is 25.1 Å². The number of nitrogens with zero attached hydrogens (tertiary/aromatic N) is 1. The summed E-state index contributed by atoms with van der Waals surface area (Å²) in [5.74, 6) is 0. The molecule has 0 radical (unpaired) electrons. The van der Waals surface area contributed by atoms with Gasteiger partial charge in [0, 0.05) is 24.7 Å². The zero-order valence-corrected chi connectivity index (χ0v) is 9.67. The van der Waals surface area contributed by atoms with Crippen LogP contribution in [0.1, 0.15) is 18.2 Å². The van der Waals surface area contributed by atoms with Gasteiger partial charge in [0.05, 0.1) is 5.52 Å². The van der Waals surface area contributed by atoms with Crippen LogP contribution in [-0.2, 0) is 20.0 Å². The number of benzene rings is 1. The summed E-state index contributed by atoms with van der Waals surface area (Å²) in [6.45, 7) is 3.13. The van der Waals surface area contributed by atoms with Gasteiger partial charge in [0.15, 0.2) is 0 Å². The van der Waals surface area contributed by atoms with Gasteiger partial charge in [-0.2, -0.15) is 0 Å². The van der Waals surface area contributed by atoms with Crippen molar-refractivity contribution in [1.82, 2.24) is 9.88 Å². The zero-order valence-electron chi connectivity index (χ0n) is 9.67. The molecule has 0 saturated carbocycles. The Morgan fingerprint density at radius 2 is 2.13 bits per heavy atom. The minimum absolute atomic E-state index is 0.925. The molecule has 80 valence electrons. The number of hydrogen-bond acceptors (Lipinski definition) is 1. The summed E-state index contributed by atoms with van der Waals surface area (Å²) in [7, 11) is 4.13. The predicted molar refractivity (Wildman–Crippen MR) is 65.1 cm³/mol. The first-order chi connectivity index (χ1) is 7.27. The van der Waals surface area contributed by atoms with Crippen molar-refractivity contribution in [2.24, 2.45) is 7.05 Å². The molecule has 1 aromatic carbocycles. The lowest BCUT2D eigenvalue weighted by Gasteiger charge is -2.06. The van der Waals surface area contributed by atoms with Crippen LogP contribution in [0, 0.1) is 0 Å².